The first kappa shape index (κ1) is 18.1. The number of sulfone groups is 1. The van der Waals surface area contributed by atoms with Gasteiger partial charge < -0.3 is 9.90 Å². The van der Waals surface area contributed by atoms with Gasteiger partial charge in [0, 0.05) is 0 Å². The number of aliphatic carboxylic acids is 1. The Hall–Kier alpha value is -2.23. The summed E-state index contributed by atoms with van der Waals surface area (Å²) >= 11 is 0. The molecule has 0 spiro atoms. The smallest absolute Gasteiger partial charge is 0.241 e. The summed E-state index contributed by atoms with van der Waals surface area (Å²) in [6, 6.07) is 10.8. The van der Waals surface area contributed by atoms with Crippen LogP contribution in [0, 0.1) is 0 Å². The van der Waals surface area contributed by atoms with Crippen LogP contribution in [0.5, 0.6) is 0 Å². The number of carboxylic acid groups (broad SMARTS) is 1. The average Bonchev–Trinajstić information content (AvgIpc) is 2.55. The van der Waals surface area contributed by atoms with Gasteiger partial charge in [-0.15, -0.1) is 0 Å². The summed E-state index contributed by atoms with van der Waals surface area (Å²) in [4.78, 5) is 10.1. The maximum Gasteiger partial charge on any atom is 0.241 e. The SMILES string of the molecule is CC(NS(=O)(=O)c1cccc(S(=O)(=O)c2ccccc2)c1)C(=O)[O-]. The van der Waals surface area contributed by atoms with Crippen LogP contribution < -0.4 is 9.83 Å². The molecule has 0 bridgehead atoms. The van der Waals surface area contributed by atoms with Crippen LogP contribution in [0.3, 0.4) is 0 Å². The van der Waals surface area contributed by atoms with Gasteiger partial charge in [0.2, 0.25) is 19.9 Å². The molecule has 1 unspecified atom stereocenters. The minimum atomic E-state index is -4.20. The Labute approximate surface area is 139 Å². The lowest BCUT2D eigenvalue weighted by molar-refractivity contribution is -0.307. The van der Waals surface area contributed by atoms with Gasteiger partial charge in [0.25, 0.3) is 0 Å². The molecule has 2 aromatic rings. The van der Waals surface area contributed by atoms with Gasteiger partial charge in [-0.2, -0.15) is 0 Å². The molecule has 0 fully saturated rings. The van der Waals surface area contributed by atoms with E-state index in [0.29, 0.717) is 0 Å². The summed E-state index contributed by atoms with van der Waals surface area (Å²) in [6.07, 6.45) is 0. The number of benzene rings is 2. The zero-order valence-corrected chi connectivity index (χ0v) is 14.2. The van der Waals surface area contributed by atoms with Gasteiger partial charge in [-0.05, 0) is 37.3 Å². The molecule has 0 aliphatic heterocycles. The molecule has 0 aromatic heterocycles. The third-order valence-corrected chi connectivity index (χ3v) is 6.47. The lowest BCUT2D eigenvalue weighted by Gasteiger charge is -2.15. The lowest BCUT2D eigenvalue weighted by atomic mass is 10.4. The van der Waals surface area contributed by atoms with E-state index in [-0.39, 0.29) is 14.7 Å². The number of sulfonamides is 1. The van der Waals surface area contributed by atoms with Crippen LogP contribution >= 0.6 is 0 Å². The second-order valence-corrected chi connectivity index (χ2v) is 8.62. The van der Waals surface area contributed by atoms with Crippen molar-refractivity contribution in [2.75, 3.05) is 0 Å². The molecule has 0 aliphatic carbocycles. The molecule has 1 atom stereocenters. The van der Waals surface area contributed by atoms with Crippen molar-refractivity contribution in [3.8, 4) is 0 Å². The van der Waals surface area contributed by atoms with E-state index in [9.17, 15) is 26.7 Å². The number of rotatable bonds is 6. The Morgan fingerprint density at radius 2 is 1.46 bits per heavy atom. The quantitative estimate of drug-likeness (QED) is 0.762. The number of nitrogens with one attached hydrogen (secondary N) is 1. The highest BCUT2D eigenvalue weighted by molar-refractivity contribution is 7.91. The topological polar surface area (TPSA) is 120 Å². The van der Waals surface area contributed by atoms with Crippen molar-refractivity contribution in [3.05, 3.63) is 54.6 Å². The van der Waals surface area contributed by atoms with Crippen LogP contribution in [0.15, 0.2) is 69.3 Å². The molecule has 0 saturated carbocycles. The fourth-order valence-corrected chi connectivity index (χ4v) is 4.53. The maximum absolute atomic E-state index is 12.5. The Morgan fingerprint density at radius 3 is 2.04 bits per heavy atom. The minimum Gasteiger partial charge on any atom is -0.548 e. The van der Waals surface area contributed by atoms with E-state index in [0.717, 1.165) is 13.0 Å². The fraction of sp³-hybridized carbons (Fsp3) is 0.133. The Balaban J connectivity index is 2.45. The van der Waals surface area contributed by atoms with Crippen molar-refractivity contribution >= 4 is 25.8 Å². The van der Waals surface area contributed by atoms with Crippen molar-refractivity contribution in [2.24, 2.45) is 0 Å². The molecule has 9 heteroatoms. The van der Waals surface area contributed by atoms with Gasteiger partial charge in [0.05, 0.1) is 26.7 Å². The first-order valence-electron chi connectivity index (χ1n) is 6.78. The third-order valence-electron chi connectivity index (χ3n) is 3.17. The lowest BCUT2D eigenvalue weighted by Crippen LogP contribution is -2.45. The molecule has 7 nitrogen and oxygen atoms in total. The molecule has 0 radical (unpaired) electrons. The monoisotopic (exact) mass is 368 g/mol. The predicted octanol–water partition coefficient (Wildman–Crippen LogP) is -0.0639. The van der Waals surface area contributed by atoms with E-state index in [1.807, 2.05) is 4.72 Å². The Bertz CT molecular complexity index is 952. The van der Waals surface area contributed by atoms with Crippen molar-refractivity contribution in [3.63, 3.8) is 0 Å². The van der Waals surface area contributed by atoms with E-state index in [2.05, 4.69) is 0 Å². The Kier molecular flexibility index (Phi) is 5.07. The molecule has 2 aromatic carbocycles. The molecular formula is C15H14NO6S2-. The zero-order valence-electron chi connectivity index (χ0n) is 12.5. The molecule has 2 rings (SSSR count). The van der Waals surface area contributed by atoms with Crippen LogP contribution in [-0.2, 0) is 24.7 Å². The third kappa shape index (κ3) is 3.81. The van der Waals surface area contributed by atoms with E-state index in [1.165, 1.54) is 30.3 Å². The second-order valence-electron chi connectivity index (χ2n) is 4.95. The van der Waals surface area contributed by atoms with Gasteiger partial charge in [-0.25, -0.2) is 21.6 Å². The number of carbonyl (C=O) groups is 1. The van der Waals surface area contributed by atoms with Crippen LogP contribution in [0.25, 0.3) is 0 Å². The van der Waals surface area contributed by atoms with Crippen molar-refractivity contribution in [1.29, 1.82) is 0 Å². The summed E-state index contributed by atoms with van der Waals surface area (Å²) < 4.78 is 51.3. The van der Waals surface area contributed by atoms with Gasteiger partial charge >= 0.3 is 0 Å². The van der Waals surface area contributed by atoms with Crippen LogP contribution in [0.1, 0.15) is 6.92 Å². The molecule has 24 heavy (non-hydrogen) atoms. The highest BCUT2D eigenvalue weighted by Gasteiger charge is 2.22. The van der Waals surface area contributed by atoms with Gasteiger partial charge in [0.15, 0.2) is 0 Å². The predicted molar refractivity (Wildman–Crippen MR) is 83.1 cm³/mol. The summed E-state index contributed by atoms with van der Waals surface area (Å²) in [5.41, 5.74) is 0. The van der Waals surface area contributed by atoms with Crippen LogP contribution in [-0.4, -0.2) is 28.8 Å². The normalized spacial score (nSPS) is 13.4. The molecular weight excluding hydrogens is 354 g/mol. The van der Waals surface area contributed by atoms with Crippen molar-refractivity contribution < 1.29 is 26.7 Å². The summed E-state index contributed by atoms with van der Waals surface area (Å²) in [6.45, 7) is 1.11. The second kappa shape index (κ2) is 6.71. The molecule has 0 amide bonds. The first-order valence-corrected chi connectivity index (χ1v) is 9.74. The van der Waals surface area contributed by atoms with Crippen LogP contribution in [0.2, 0.25) is 0 Å². The van der Waals surface area contributed by atoms with E-state index >= 15 is 0 Å². The molecule has 0 heterocycles. The fourth-order valence-electron chi connectivity index (χ4n) is 1.89. The number of hydrogen-bond acceptors (Lipinski definition) is 6. The molecule has 1 N–H and O–H groups in total. The summed E-state index contributed by atoms with van der Waals surface area (Å²) in [5, 5.41) is 10.7. The van der Waals surface area contributed by atoms with Gasteiger partial charge in [-0.3, -0.25) is 0 Å². The van der Waals surface area contributed by atoms with Crippen molar-refractivity contribution in [1.82, 2.24) is 4.72 Å². The Morgan fingerprint density at radius 1 is 0.917 bits per heavy atom. The number of hydrogen-bond donors (Lipinski definition) is 1. The largest absolute Gasteiger partial charge is 0.548 e. The first-order chi connectivity index (χ1) is 11.1. The standard InChI is InChI=1S/C15H15NO6S2/c1-11(15(17)18)16-24(21,22)14-9-5-8-13(10-14)23(19,20)12-6-3-2-4-7-12/h2-11,16H,1H3,(H,17,18)/p-1. The van der Waals surface area contributed by atoms with Gasteiger partial charge in [-0.1, -0.05) is 24.3 Å². The van der Waals surface area contributed by atoms with Gasteiger partial charge in [0.1, 0.15) is 0 Å². The maximum atomic E-state index is 12.5. The number of carbonyl (C=O) groups excluding carboxylic acids is 1. The van der Waals surface area contributed by atoms with Crippen molar-refractivity contribution in [2.45, 2.75) is 27.7 Å². The molecule has 128 valence electrons. The van der Waals surface area contributed by atoms with E-state index < -0.39 is 31.9 Å². The highest BCUT2D eigenvalue weighted by atomic mass is 32.2. The van der Waals surface area contributed by atoms with E-state index in [4.69, 9.17) is 0 Å². The zero-order chi connectivity index (χ0) is 18.0. The minimum absolute atomic E-state index is 0.0237. The van der Waals surface area contributed by atoms with E-state index in [1.54, 1.807) is 18.2 Å². The number of carboxylic acids is 1. The molecule has 0 aliphatic rings. The van der Waals surface area contributed by atoms with Crippen LogP contribution in [0.4, 0.5) is 0 Å². The summed E-state index contributed by atoms with van der Waals surface area (Å²) in [7, 11) is -8.09. The average molecular weight is 368 g/mol. The summed E-state index contributed by atoms with van der Waals surface area (Å²) in [5.74, 6) is -1.59. The highest BCUT2D eigenvalue weighted by Crippen LogP contribution is 2.23. The molecule has 0 saturated heterocycles.